The average molecular weight is 503 g/mol. The number of hydrogen-bond acceptors (Lipinski definition) is 7. The Hall–Kier alpha value is -3.23. The molecule has 1 fully saturated rings. The third-order valence-corrected chi connectivity index (χ3v) is 5.94. The summed E-state index contributed by atoms with van der Waals surface area (Å²) in [6, 6.07) is 9.11. The number of nitrogens with zero attached hydrogens (tertiary/aromatic N) is 2. The van der Waals surface area contributed by atoms with E-state index in [2.05, 4.69) is 0 Å². The first-order valence-corrected chi connectivity index (χ1v) is 11.7. The number of likely N-dealkylation sites (tertiary alicyclic amines) is 1. The summed E-state index contributed by atoms with van der Waals surface area (Å²) in [4.78, 5) is 29.8. The minimum absolute atomic E-state index is 0.0408. The molecule has 2 aromatic carbocycles. The van der Waals surface area contributed by atoms with Crippen molar-refractivity contribution in [3.63, 3.8) is 0 Å². The first-order chi connectivity index (χ1) is 16.7. The molecule has 1 atom stereocenters. The van der Waals surface area contributed by atoms with E-state index >= 15 is 0 Å². The van der Waals surface area contributed by atoms with Gasteiger partial charge in [0.2, 0.25) is 0 Å². The first-order valence-electron chi connectivity index (χ1n) is 11.3. The molecule has 1 aliphatic heterocycles. The lowest BCUT2D eigenvalue weighted by Crippen LogP contribution is -2.35. The minimum Gasteiger partial charge on any atom is -0.507 e. The van der Waals surface area contributed by atoms with Crippen molar-refractivity contribution in [2.45, 2.75) is 19.4 Å². The van der Waals surface area contributed by atoms with Gasteiger partial charge in [-0.05, 0) is 56.4 Å². The fraction of sp³-hybridized carbons (Fsp3) is 0.385. The maximum atomic E-state index is 13.3. The molecule has 2 aromatic rings. The van der Waals surface area contributed by atoms with Gasteiger partial charge in [-0.25, -0.2) is 0 Å². The Labute approximate surface area is 210 Å². The van der Waals surface area contributed by atoms with Crippen LogP contribution in [0, 0.1) is 0 Å². The summed E-state index contributed by atoms with van der Waals surface area (Å²) in [5.74, 6) is -0.473. The number of hydrogen-bond donors (Lipinski definition) is 1. The van der Waals surface area contributed by atoms with E-state index in [4.69, 9.17) is 25.8 Å². The minimum atomic E-state index is -0.839. The zero-order chi connectivity index (χ0) is 25.7. The second-order valence-electron chi connectivity index (χ2n) is 8.40. The van der Waals surface area contributed by atoms with E-state index in [1.807, 2.05) is 25.9 Å². The van der Waals surface area contributed by atoms with Crippen molar-refractivity contribution in [3.05, 3.63) is 58.1 Å². The molecule has 188 valence electrons. The number of rotatable bonds is 10. The molecule has 1 aliphatic rings. The largest absolute Gasteiger partial charge is 0.507 e. The van der Waals surface area contributed by atoms with Gasteiger partial charge in [-0.2, -0.15) is 0 Å². The molecule has 0 bridgehead atoms. The van der Waals surface area contributed by atoms with Gasteiger partial charge in [0.1, 0.15) is 11.5 Å². The first kappa shape index (κ1) is 26.4. The highest BCUT2D eigenvalue weighted by Crippen LogP contribution is 2.43. The highest BCUT2D eigenvalue weighted by atomic mass is 35.5. The number of carbonyl (C=O) groups excluding carboxylic acids is 2. The lowest BCUT2D eigenvalue weighted by atomic mass is 9.94. The maximum Gasteiger partial charge on any atom is 0.295 e. The van der Waals surface area contributed by atoms with Crippen LogP contribution in [0.2, 0.25) is 5.02 Å². The van der Waals surface area contributed by atoms with Crippen molar-refractivity contribution in [1.82, 2.24) is 9.80 Å². The third-order valence-electron chi connectivity index (χ3n) is 5.71. The van der Waals surface area contributed by atoms with Gasteiger partial charge in [-0.15, -0.1) is 0 Å². The quantitative estimate of drug-likeness (QED) is 0.297. The molecular weight excluding hydrogens is 472 g/mol. The number of benzene rings is 2. The molecule has 0 radical (unpaired) electrons. The van der Waals surface area contributed by atoms with Crippen molar-refractivity contribution in [3.8, 4) is 17.2 Å². The highest BCUT2D eigenvalue weighted by molar-refractivity contribution is 6.46. The van der Waals surface area contributed by atoms with Crippen LogP contribution >= 0.6 is 11.6 Å². The Morgan fingerprint density at radius 3 is 2.37 bits per heavy atom. The van der Waals surface area contributed by atoms with Gasteiger partial charge in [0.15, 0.2) is 11.5 Å². The van der Waals surface area contributed by atoms with Crippen LogP contribution in [-0.4, -0.2) is 74.6 Å². The number of ether oxygens (including phenoxy) is 3. The van der Waals surface area contributed by atoms with Crippen LogP contribution in [0.1, 0.15) is 30.5 Å². The van der Waals surface area contributed by atoms with Gasteiger partial charge in [-0.1, -0.05) is 24.6 Å². The second kappa shape index (κ2) is 11.5. The van der Waals surface area contributed by atoms with Crippen LogP contribution < -0.4 is 14.2 Å². The van der Waals surface area contributed by atoms with Crippen LogP contribution in [0.15, 0.2) is 42.0 Å². The summed E-state index contributed by atoms with van der Waals surface area (Å²) >= 11 is 6.17. The predicted octanol–water partition coefficient (Wildman–Crippen LogP) is 4.13. The molecular formula is C26H31ClN2O6. The summed E-state index contributed by atoms with van der Waals surface area (Å²) in [7, 11) is 6.76. The van der Waals surface area contributed by atoms with E-state index in [-0.39, 0.29) is 23.4 Å². The monoisotopic (exact) mass is 502 g/mol. The van der Waals surface area contributed by atoms with Crippen LogP contribution in [0.25, 0.3) is 5.76 Å². The number of halogens is 1. The normalized spacial score (nSPS) is 17.2. The van der Waals surface area contributed by atoms with Crippen LogP contribution in [0.3, 0.4) is 0 Å². The Bertz CT molecular complexity index is 1130. The lowest BCUT2D eigenvalue weighted by Gasteiger charge is -2.27. The van der Waals surface area contributed by atoms with E-state index in [0.717, 1.165) is 6.42 Å². The van der Waals surface area contributed by atoms with E-state index in [1.54, 1.807) is 37.4 Å². The second-order valence-corrected chi connectivity index (χ2v) is 8.84. The van der Waals surface area contributed by atoms with Gasteiger partial charge in [-0.3, -0.25) is 9.59 Å². The fourth-order valence-corrected chi connectivity index (χ4v) is 4.14. The lowest BCUT2D eigenvalue weighted by molar-refractivity contribution is -0.140. The molecule has 1 N–H and O–H groups in total. The van der Waals surface area contributed by atoms with Gasteiger partial charge < -0.3 is 29.1 Å². The number of likely N-dealkylation sites (N-methyl/N-ethyl adjacent to an activating group) is 1. The average Bonchev–Trinajstić information content (AvgIpc) is 3.10. The van der Waals surface area contributed by atoms with Gasteiger partial charge in [0.25, 0.3) is 11.7 Å². The number of ketones is 1. The molecule has 0 saturated carbocycles. The van der Waals surface area contributed by atoms with Crippen LogP contribution in [0.5, 0.6) is 17.2 Å². The molecule has 1 heterocycles. The predicted molar refractivity (Wildman–Crippen MR) is 134 cm³/mol. The number of Topliss-reactive ketones (excluding diaryl/α,β-unsaturated/α-hetero) is 1. The van der Waals surface area contributed by atoms with E-state index in [1.165, 1.54) is 18.1 Å². The van der Waals surface area contributed by atoms with Crippen molar-refractivity contribution in [2.24, 2.45) is 0 Å². The molecule has 0 aliphatic carbocycles. The molecule has 8 nitrogen and oxygen atoms in total. The third kappa shape index (κ3) is 5.55. The van der Waals surface area contributed by atoms with E-state index in [9.17, 15) is 14.7 Å². The van der Waals surface area contributed by atoms with Crippen LogP contribution in [0.4, 0.5) is 0 Å². The topological polar surface area (TPSA) is 88.5 Å². The number of amides is 1. The molecule has 1 unspecified atom stereocenters. The Morgan fingerprint density at radius 2 is 1.74 bits per heavy atom. The van der Waals surface area contributed by atoms with Crippen molar-refractivity contribution in [1.29, 1.82) is 0 Å². The summed E-state index contributed by atoms with van der Waals surface area (Å²) in [6.45, 7) is 3.27. The molecule has 35 heavy (non-hydrogen) atoms. The summed E-state index contributed by atoms with van der Waals surface area (Å²) in [5, 5.41) is 11.7. The van der Waals surface area contributed by atoms with Gasteiger partial charge >= 0.3 is 0 Å². The number of aliphatic hydroxyl groups is 1. The Morgan fingerprint density at radius 1 is 1.06 bits per heavy atom. The standard InChI is InChI=1S/C26H31ClN2O6/c1-6-13-35-21-14-16(7-9-20(21)34-5)23-22(25(31)26(32)29(23)12-11-28(2)3)24(30)18-15-17(27)8-10-19(18)33-4/h7-10,14-15,23,30H,6,11-13H2,1-5H3/b24-22+. The maximum absolute atomic E-state index is 13.3. The van der Waals surface area contributed by atoms with Crippen molar-refractivity contribution < 1.29 is 28.9 Å². The van der Waals surface area contributed by atoms with Crippen molar-refractivity contribution >= 4 is 29.1 Å². The zero-order valence-corrected chi connectivity index (χ0v) is 21.4. The summed E-state index contributed by atoms with van der Waals surface area (Å²) < 4.78 is 16.7. The van der Waals surface area contributed by atoms with Crippen LogP contribution in [-0.2, 0) is 9.59 Å². The molecule has 1 saturated heterocycles. The fourth-order valence-electron chi connectivity index (χ4n) is 3.96. The molecule has 3 rings (SSSR count). The Kier molecular flexibility index (Phi) is 8.64. The van der Waals surface area contributed by atoms with Crippen molar-refractivity contribution in [2.75, 3.05) is 48.0 Å². The SMILES string of the molecule is CCCOc1cc(C2/C(=C(\O)c3cc(Cl)ccc3OC)C(=O)C(=O)N2CCN(C)C)ccc1OC. The Balaban J connectivity index is 2.23. The van der Waals surface area contributed by atoms with E-state index in [0.29, 0.717) is 41.0 Å². The number of carbonyl (C=O) groups is 2. The molecule has 1 amide bonds. The zero-order valence-electron chi connectivity index (χ0n) is 20.6. The smallest absolute Gasteiger partial charge is 0.295 e. The van der Waals surface area contributed by atoms with Gasteiger partial charge in [0, 0.05) is 18.1 Å². The summed E-state index contributed by atoms with van der Waals surface area (Å²) in [6.07, 6.45) is 0.795. The summed E-state index contributed by atoms with van der Waals surface area (Å²) in [5.41, 5.74) is 0.796. The highest BCUT2D eigenvalue weighted by Gasteiger charge is 2.46. The number of aliphatic hydroxyl groups excluding tert-OH is 1. The number of methoxy groups -OCH3 is 2. The molecule has 0 spiro atoms. The van der Waals surface area contributed by atoms with Gasteiger partial charge in [0.05, 0.1) is 38.0 Å². The molecule has 0 aromatic heterocycles. The van der Waals surface area contributed by atoms with E-state index < -0.39 is 17.7 Å². The molecule has 9 heteroatoms.